The van der Waals surface area contributed by atoms with Gasteiger partial charge in [0.1, 0.15) is 45.1 Å². The van der Waals surface area contributed by atoms with Crippen LogP contribution in [0, 0.1) is 0 Å². The molecule has 0 bridgehead atoms. The SMILES string of the molecule is c1ccc(-n2c(-c3cccc(-c4cccc(-c5nc6c7ccccc7nc(-c7ccccn7)c6n5-c5ccccc5)c4)c3)nc3c4ccccc4nc(-c4ccccn4)c32)cc1. The molecule has 8 heteroatoms. The lowest BCUT2D eigenvalue weighted by Gasteiger charge is -2.14. The molecule has 6 heterocycles. The van der Waals surface area contributed by atoms with Crippen LogP contribution in [0.25, 0.3) is 112 Å². The number of hydrogen-bond donors (Lipinski definition) is 0. The van der Waals surface area contributed by atoms with Gasteiger partial charge in [-0.2, -0.15) is 0 Å². The molecule has 0 aliphatic heterocycles. The Kier molecular flexibility index (Phi) is 8.31. The second-order valence-corrected chi connectivity index (χ2v) is 15.2. The molecule has 8 nitrogen and oxygen atoms in total. The standard InChI is InChI=1S/C54H34N8/c1-3-21-39(22-4-1)61-51-47(41-25-7-9-27-43(41)57-49(51)45-29-11-13-31-55-45)59-53(61)37-19-15-17-35(33-37)36-18-16-20-38(34-36)54-60-48-42-26-8-10-28-44(42)58-50(46-30-12-14-32-56-46)52(48)62(54)40-23-5-2-6-24-40/h1-34H. The number of para-hydroxylation sites is 4. The third-order valence-corrected chi connectivity index (χ3v) is 11.4. The molecule has 12 rings (SSSR count). The predicted octanol–water partition coefficient (Wildman–Crippen LogP) is 12.6. The maximum atomic E-state index is 5.47. The molecule has 0 saturated heterocycles. The Morgan fingerprint density at radius 1 is 0.323 bits per heavy atom. The van der Waals surface area contributed by atoms with Gasteiger partial charge in [-0.3, -0.25) is 19.1 Å². The fraction of sp³-hybridized carbons (Fsp3) is 0. The summed E-state index contributed by atoms with van der Waals surface area (Å²) < 4.78 is 4.46. The highest BCUT2D eigenvalue weighted by molar-refractivity contribution is 6.10. The van der Waals surface area contributed by atoms with Crippen LogP contribution >= 0.6 is 0 Å². The second-order valence-electron chi connectivity index (χ2n) is 15.2. The fourth-order valence-electron chi connectivity index (χ4n) is 8.63. The molecule has 0 amide bonds. The van der Waals surface area contributed by atoms with Gasteiger partial charge in [-0.1, -0.05) is 121 Å². The minimum Gasteiger partial charge on any atom is -0.290 e. The Labute approximate surface area is 356 Å². The van der Waals surface area contributed by atoms with Crippen LogP contribution in [0.15, 0.2) is 207 Å². The van der Waals surface area contributed by atoms with Crippen molar-refractivity contribution in [3.63, 3.8) is 0 Å². The predicted molar refractivity (Wildman–Crippen MR) is 249 cm³/mol. The van der Waals surface area contributed by atoms with Crippen molar-refractivity contribution in [3.8, 4) is 68.1 Å². The minimum atomic E-state index is 0.779. The van der Waals surface area contributed by atoms with Crippen molar-refractivity contribution in [3.05, 3.63) is 207 Å². The van der Waals surface area contributed by atoms with Gasteiger partial charge in [-0.25, -0.2) is 19.9 Å². The van der Waals surface area contributed by atoms with Crippen LogP contribution in [-0.2, 0) is 0 Å². The van der Waals surface area contributed by atoms with Crippen molar-refractivity contribution in [1.82, 2.24) is 39.0 Å². The molecule has 0 fully saturated rings. The summed E-state index contributed by atoms with van der Waals surface area (Å²) in [5, 5.41) is 1.97. The average molecular weight is 795 g/mol. The number of hydrogen-bond acceptors (Lipinski definition) is 6. The van der Waals surface area contributed by atoms with Gasteiger partial charge in [-0.15, -0.1) is 0 Å². The summed E-state index contributed by atoms with van der Waals surface area (Å²) >= 11 is 0. The van der Waals surface area contributed by atoms with Gasteiger partial charge in [0.2, 0.25) is 0 Å². The highest BCUT2D eigenvalue weighted by Gasteiger charge is 2.24. The molecule has 0 aliphatic rings. The smallest absolute Gasteiger partial charge is 0.145 e. The molecule has 12 aromatic rings. The van der Waals surface area contributed by atoms with Gasteiger partial charge in [0.25, 0.3) is 0 Å². The number of aromatic nitrogens is 8. The van der Waals surface area contributed by atoms with Crippen molar-refractivity contribution in [2.75, 3.05) is 0 Å². The van der Waals surface area contributed by atoms with Crippen molar-refractivity contribution in [1.29, 1.82) is 0 Å². The van der Waals surface area contributed by atoms with E-state index in [9.17, 15) is 0 Å². The summed E-state index contributed by atoms with van der Waals surface area (Å²) in [7, 11) is 0. The molecule has 0 N–H and O–H groups in total. The van der Waals surface area contributed by atoms with Crippen LogP contribution in [0.1, 0.15) is 0 Å². The lowest BCUT2D eigenvalue weighted by molar-refractivity contribution is 1.10. The lowest BCUT2D eigenvalue weighted by atomic mass is 10.0. The highest BCUT2D eigenvalue weighted by Crippen LogP contribution is 2.40. The average Bonchev–Trinajstić information content (AvgIpc) is 3.96. The summed E-state index contributed by atoms with van der Waals surface area (Å²) in [6.45, 7) is 0. The first-order valence-electron chi connectivity index (χ1n) is 20.5. The molecular formula is C54H34N8. The van der Waals surface area contributed by atoms with Crippen molar-refractivity contribution < 1.29 is 0 Å². The van der Waals surface area contributed by atoms with E-state index < -0.39 is 0 Å². The van der Waals surface area contributed by atoms with E-state index in [1.807, 2.05) is 97.3 Å². The second kappa shape index (κ2) is 14.6. The Morgan fingerprint density at radius 3 is 1.16 bits per heavy atom. The lowest BCUT2D eigenvalue weighted by Crippen LogP contribution is -2.01. The van der Waals surface area contributed by atoms with E-state index in [2.05, 4.69) is 118 Å². The molecular weight excluding hydrogens is 761 g/mol. The zero-order valence-electron chi connectivity index (χ0n) is 33.2. The van der Waals surface area contributed by atoms with Crippen LogP contribution in [0.4, 0.5) is 0 Å². The summed E-state index contributed by atoms with van der Waals surface area (Å²) in [6, 6.07) is 66.3. The van der Waals surface area contributed by atoms with Crippen LogP contribution in [-0.4, -0.2) is 39.0 Å². The Balaban J connectivity index is 1.07. The number of imidazole rings is 2. The van der Waals surface area contributed by atoms with Crippen molar-refractivity contribution in [2.24, 2.45) is 0 Å². The van der Waals surface area contributed by atoms with E-state index in [0.29, 0.717) is 0 Å². The van der Waals surface area contributed by atoms with Gasteiger partial charge in [0.05, 0.1) is 22.4 Å². The molecule has 0 unspecified atom stereocenters. The number of benzene rings is 6. The van der Waals surface area contributed by atoms with E-state index in [1.54, 1.807) is 0 Å². The normalized spacial score (nSPS) is 11.5. The van der Waals surface area contributed by atoms with Crippen LogP contribution in [0.3, 0.4) is 0 Å². The monoisotopic (exact) mass is 794 g/mol. The molecule has 0 aliphatic carbocycles. The zero-order valence-corrected chi connectivity index (χ0v) is 33.2. The van der Waals surface area contributed by atoms with Crippen molar-refractivity contribution >= 4 is 43.9 Å². The maximum absolute atomic E-state index is 5.47. The van der Waals surface area contributed by atoms with E-state index in [-0.39, 0.29) is 0 Å². The van der Waals surface area contributed by atoms with E-state index >= 15 is 0 Å². The third-order valence-electron chi connectivity index (χ3n) is 11.4. The summed E-state index contributed by atoms with van der Waals surface area (Å²) in [6.07, 6.45) is 3.63. The molecule has 62 heavy (non-hydrogen) atoms. The Hall–Kier alpha value is -8.62. The van der Waals surface area contributed by atoms with E-state index in [1.165, 1.54) is 0 Å². The third kappa shape index (κ3) is 5.84. The fourth-order valence-corrected chi connectivity index (χ4v) is 8.63. The van der Waals surface area contributed by atoms with Crippen LogP contribution in [0.5, 0.6) is 0 Å². The molecule has 0 saturated carbocycles. The molecule has 6 aromatic heterocycles. The van der Waals surface area contributed by atoms with Gasteiger partial charge in [-0.05, 0) is 83.9 Å². The van der Waals surface area contributed by atoms with Gasteiger partial charge >= 0.3 is 0 Å². The largest absolute Gasteiger partial charge is 0.290 e. The minimum absolute atomic E-state index is 0.779. The number of rotatable bonds is 7. The van der Waals surface area contributed by atoms with Crippen LogP contribution in [0.2, 0.25) is 0 Å². The Bertz CT molecular complexity index is 3380. The van der Waals surface area contributed by atoms with Gasteiger partial charge in [0, 0.05) is 45.7 Å². The number of pyridine rings is 4. The Morgan fingerprint density at radius 2 is 0.726 bits per heavy atom. The number of nitrogens with zero attached hydrogens (tertiary/aromatic N) is 8. The van der Waals surface area contributed by atoms with Gasteiger partial charge in [0.15, 0.2) is 0 Å². The van der Waals surface area contributed by atoms with Gasteiger partial charge < -0.3 is 0 Å². The summed E-state index contributed by atoms with van der Waals surface area (Å²) in [5.74, 6) is 1.62. The van der Waals surface area contributed by atoms with E-state index in [0.717, 1.165) is 112 Å². The molecule has 0 radical (unpaired) electrons. The first-order valence-corrected chi connectivity index (χ1v) is 20.5. The quantitative estimate of drug-likeness (QED) is 0.160. The summed E-state index contributed by atoms with van der Waals surface area (Å²) in [5.41, 5.74) is 14.4. The highest BCUT2D eigenvalue weighted by atomic mass is 15.1. The zero-order chi connectivity index (χ0) is 41.0. The van der Waals surface area contributed by atoms with Crippen molar-refractivity contribution in [2.45, 2.75) is 0 Å². The maximum Gasteiger partial charge on any atom is 0.145 e. The van der Waals surface area contributed by atoms with Crippen LogP contribution < -0.4 is 0 Å². The summed E-state index contributed by atoms with van der Waals surface area (Å²) in [4.78, 5) is 30.9. The molecule has 6 aromatic carbocycles. The molecule has 0 spiro atoms. The molecule has 0 atom stereocenters. The number of fused-ring (bicyclic) bond motifs is 6. The first-order chi connectivity index (χ1) is 30.8. The first kappa shape index (κ1) is 35.3. The van der Waals surface area contributed by atoms with E-state index in [4.69, 9.17) is 29.9 Å². The topological polar surface area (TPSA) is 87.2 Å². The molecule has 290 valence electrons.